The first-order chi connectivity index (χ1) is 13.2. The average Bonchev–Trinajstić information content (AvgIpc) is 2.65. The summed E-state index contributed by atoms with van der Waals surface area (Å²) in [5, 5.41) is 2.53. The number of pyridine rings is 1. The van der Waals surface area contributed by atoms with Gasteiger partial charge in [-0.05, 0) is 31.0 Å². The summed E-state index contributed by atoms with van der Waals surface area (Å²) >= 11 is 0. The van der Waals surface area contributed by atoms with Crippen LogP contribution in [-0.2, 0) is 4.79 Å². The number of anilines is 1. The van der Waals surface area contributed by atoms with Gasteiger partial charge in [0.1, 0.15) is 0 Å². The quantitative estimate of drug-likeness (QED) is 0.762. The standard InChI is InChI=1S/C12H14F2N2O2.C7H6F2O/c13-12(14)5-1-2-8(6-12)11(18)16-9-3-4-10(17)15-7-9;1-10-6-4-2-3-5(8)7(6)9/h3-4,7-8H,1-2,5-6H2,(H,15,17)(H,16,18);2-4H,1H3. The van der Waals surface area contributed by atoms with Crippen LogP contribution >= 0.6 is 0 Å². The van der Waals surface area contributed by atoms with Gasteiger partial charge in [-0.15, -0.1) is 0 Å². The van der Waals surface area contributed by atoms with Gasteiger partial charge in [0.05, 0.1) is 12.8 Å². The van der Waals surface area contributed by atoms with E-state index in [0.717, 1.165) is 6.07 Å². The molecule has 2 aromatic rings. The number of rotatable bonds is 3. The summed E-state index contributed by atoms with van der Waals surface area (Å²) in [5.41, 5.74) is 0.130. The van der Waals surface area contributed by atoms with Crippen LogP contribution in [0.1, 0.15) is 25.7 Å². The first kappa shape index (κ1) is 21.5. The number of amides is 1. The second-order valence-electron chi connectivity index (χ2n) is 6.34. The maximum atomic E-state index is 13.2. The number of aromatic nitrogens is 1. The van der Waals surface area contributed by atoms with E-state index in [-0.39, 0.29) is 17.7 Å². The summed E-state index contributed by atoms with van der Waals surface area (Å²) in [7, 11) is 1.29. The van der Waals surface area contributed by atoms with Crippen LogP contribution in [0.4, 0.5) is 23.2 Å². The molecule has 1 heterocycles. The van der Waals surface area contributed by atoms with Crippen LogP contribution in [0.25, 0.3) is 0 Å². The number of hydrogen-bond donors (Lipinski definition) is 2. The molecule has 1 saturated carbocycles. The molecule has 0 saturated heterocycles. The van der Waals surface area contributed by atoms with Crippen LogP contribution < -0.4 is 15.6 Å². The van der Waals surface area contributed by atoms with Gasteiger partial charge in [0.25, 0.3) is 0 Å². The topological polar surface area (TPSA) is 71.2 Å². The van der Waals surface area contributed by atoms with E-state index in [1.54, 1.807) is 0 Å². The molecule has 152 valence electrons. The number of hydrogen-bond acceptors (Lipinski definition) is 3. The van der Waals surface area contributed by atoms with E-state index in [2.05, 4.69) is 15.0 Å². The zero-order valence-corrected chi connectivity index (χ0v) is 15.1. The molecule has 2 N–H and O–H groups in total. The molecule has 5 nitrogen and oxygen atoms in total. The SMILES string of the molecule is COc1cccc(F)c1F.O=C(Nc1ccc(=O)[nH]c1)C1CCCC(F)(F)C1. The third-order valence-electron chi connectivity index (χ3n) is 4.20. The smallest absolute Gasteiger partial charge is 0.248 e. The number of benzene rings is 1. The largest absolute Gasteiger partial charge is 0.494 e. The molecule has 1 unspecified atom stereocenters. The molecule has 0 aliphatic heterocycles. The van der Waals surface area contributed by atoms with Crippen LogP contribution in [0.5, 0.6) is 5.75 Å². The zero-order valence-electron chi connectivity index (χ0n) is 15.1. The Morgan fingerprint density at radius 1 is 1.25 bits per heavy atom. The van der Waals surface area contributed by atoms with Gasteiger partial charge >= 0.3 is 0 Å². The number of aromatic amines is 1. The van der Waals surface area contributed by atoms with Gasteiger partial charge in [0, 0.05) is 31.0 Å². The predicted molar refractivity (Wildman–Crippen MR) is 95.5 cm³/mol. The lowest BCUT2D eigenvalue weighted by molar-refractivity contribution is -0.127. The monoisotopic (exact) mass is 400 g/mol. The molecule has 1 fully saturated rings. The molecule has 1 atom stereocenters. The minimum atomic E-state index is -2.74. The second kappa shape index (κ2) is 9.38. The number of nitrogens with one attached hydrogen (secondary N) is 2. The van der Waals surface area contributed by atoms with E-state index in [9.17, 15) is 27.2 Å². The Kier molecular flexibility index (Phi) is 7.19. The number of carbonyl (C=O) groups excluding carboxylic acids is 1. The Hall–Kier alpha value is -2.84. The molecule has 0 bridgehead atoms. The fourth-order valence-corrected chi connectivity index (χ4v) is 2.77. The van der Waals surface area contributed by atoms with Crippen LogP contribution in [0.15, 0.2) is 41.3 Å². The molecule has 9 heteroatoms. The minimum absolute atomic E-state index is 0.0694. The van der Waals surface area contributed by atoms with Gasteiger partial charge < -0.3 is 15.0 Å². The molecule has 1 aromatic heterocycles. The van der Waals surface area contributed by atoms with Crippen molar-refractivity contribution in [3.05, 3.63) is 58.5 Å². The second-order valence-corrected chi connectivity index (χ2v) is 6.34. The number of halogens is 4. The maximum absolute atomic E-state index is 13.2. The van der Waals surface area contributed by atoms with E-state index >= 15 is 0 Å². The van der Waals surface area contributed by atoms with E-state index in [1.807, 2.05) is 0 Å². The highest BCUT2D eigenvalue weighted by Gasteiger charge is 2.39. The van der Waals surface area contributed by atoms with Crippen molar-refractivity contribution in [3.8, 4) is 5.75 Å². The summed E-state index contributed by atoms with van der Waals surface area (Å²) in [5.74, 6) is -5.72. The number of H-pyrrole nitrogens is 1. The number of carbonyl (C=O) groups is 1. The van der Waals surface area contributed by atoms with E-state index in [1.165, 1.54) is 37.6 Å². The molecule has 1 amide bonds. The lowest BCUT2D eigenvalue weighted by Crippen LogP contribution is -2.33. The van der Waals surface area contributed by atoms with E-state index in [0.29, 0.717) is 18.5 Å². The Balaban J connectivity index is 0.000000237. The third kappa shape index (κ3) is 6.11. The van der Waals surface area contributed by atoms with Gasteiger partial charge in [-0.3, -0.25) is 9.59 Å². The van der Waals surface area contributed by atoms with Crippen molar-refractivity contribution < 1.29 is 27.1 Å². The number of alkyl halides is 2. The average molecular weight is 400 g/mol. The van der Waals surface area contributed by atoms with E-state index in [4.69, 9.17) is 0 Å². The number of methoxy groups -OCH3 is 1. The van der Waals surface area contributed by atoms with Crippen molar-refractivity contribution >= 4 is 11.6 Å². The molecule has 1 aromatic carbocycles. The molecular weight excluding hydrogens is 380 g/mol. The molecule has 1 aliphatic carbocycles. The molecule has 0 spiro atoms. The lowest BCUT2D eigenvalue weighted by Gasteiger charge is -2.27. The Morgan fingerprint density at radius 2 is 2.00 bits per heavy atom. The minimum Gasteiger partial charge on any atom is -0.494 e. The highest BCUT2D eigenvalue weighted by molar-refractivity contribution is 5.92. The highest BCUT2D eigenvalue weighted by atomic mass is 19.3. The molecule has 28 heavy (non-hydrogen) atoms. The summed E-state index contributed by atoms with van der Waals surface area (Å²) in [6.45, 7) is 0. The Morgan fingerprint density at radius 3 is 2.57 bits per heavy atom. The van der Waals surface area contributed by atoms with Crippen LogP contribution in [0.3, 0.4) is 0 Å². The van der Waals surface area contributed by atoms with Gasteiger partial charge in [0.2, 0.25) is 23.2 Å². The molecular formula is C19H20F4N2O3. The van der Waals surface area contributed by atoms with Crippen molar-refractivity contribution in [1.82, 2.24) is 4.98 Å². The summed E-state index contributed by atoms with van der Waals surface area (Å²) < 4.78 is 55.7. The van der Waals surface area contributed by atoms with Crippen molar-refractivity contribution in [2.75, 3.05) is 12.4 Å². The first-order valence-corrected chi connectivity index (χ1v) is 8.57. The van der Waals surface area contributed by atoms with Crippen LogP contribution in [0.2, 0.25) is 0 Å². The van der Waals surface area contributed by atoms with Crippen LogP contribution in [0, 0.1) is 17.6 Å². The maximum Gasteiger partial charge on any atom is 0.248 e. The van der Waals surface area contributed by atoms with Gasteiger partial charge in [-0.2, -0.15) is 4.39 Å². The highest BCUT2D eigenvalue weighted by Crippen LogP contribution is 2.37. The first-order valence-electron chi connectivity index (χ1n) is 8.57. The number of ether oxygens (including phenoxy) is 1. The van der Waals surface area contributed by atoms with Gasteiger partial charge in [0.15, 0.2) is 11.6 Å². The Bertz CT molecular complexity index is 850. The molecule has 3 rings (SSSR count). The zero-order chi connectivity index (χ0) is 20.7. The van der Waals surface area contributed by atoms with Crippen molar-refractivity contribution in [1.29, 1.82) is 0 Å². The van der Waals surface area contributed by atoms with Gasteiger partial charge in [-0.1, -0.05) is 6.07 Å². The predicted octanol–water partition coefficient (Wildman–Crippen LogP) is 4.11. The molecule has 0 radical (unpaired) electrons. The summed E-state index contributed by atoms with van der Waals surface area (Å²) in [6, 6.07) is 6.50. The van der Waals surface area contributed by atoms with Gasteiger partial charge in [-0.25, -0.2) is 13.2 Å². The Labute approximate surface area is 158 Å². The van der Waals surface area contributed by atoms with E-state index < -0.39 is 35.8 Å². The molecule has 1 aliphatic rings. The summed E-state index contributed by atoms with van der Waals surface area (Å²) in [4.78, 5) is 25.0. The summed E-state index contributed by atoms with van der Waals surface area (Å²) in [6.07, 6.45) is 1.64. The van der Waals surface area contributed by atoms with Crippen LogP contribution in [-0.4, -0.2) is 23.9 Å². The van der Waals surface area contributed by atoms with Crippen molar-refractivity contribution in [3.63, 3.8) is 0 Å². The van der Waals surface area contributed by atoms with Crippen molar-refractivity contribution in [2.24, 2.45) is 5.92 Å². The fourth-order valence-electron chi connectivity index (χ4n) is 2.77. The van der Waals surface area contributed by atoms with Crippen molar-refractivity contribution in [2.45, 2.75) is 31.6 Å². The fraction of sp³-hybridized carbons (Fsp3) is 0.368. The normalized spacial score (nSPS) is 17.8. The lowest BCUT2D eigenvalue weighted by atomic mass is 9.86. The third-order valence-corrected chi connectivity index (χ3v) is 4.20.